The van der Waals surface area contributed by atoms with Gasteiger partial charge in [0.05, 0.1) is 24.8 Å². The molecule has 0 unspecified atom stereocenters. The summed E-state index contributed by atoms with van der Waals surface area (Å²) in [4.78, 5) is 12.6. The average molecular weight is 408 g/mol. The molecule has 1 saturated heterocycles. The van der Waals surface area contributed by atoms with E-state index in [9.17, 15) is 17.6 Å². The van der Waals surface area contributed by atoms with Crippen molar-refractivity contribution in [3.05, 3.63) is 47.8 Å². The van der Waals surface area contributed by atoms with Gasteiger partial charge in [0.1, 0.15) is 5.75 Å². The lowest BCUT2D eigenvalue weighted by Crippen LogP contribution is -2.28. The first-order valence-corrected chi connectivity index (χ1v) is 10.1. The van der Waals surface area contributed by atoms with Crippen molar-refractivity contribution in [1.29, 1.82) is 0 Å². The van der Waals surface area contributed by atoms with Gasteiger partial charge in [-0.2, -0.15) is 4.31 Å². The maximum atomic E-state index is 13.9. The predicted molar refractivity (Wildman–Crippen MR) is 102 cm³/mol. The minimum Gasteiger partial charge on any atom is -0.495 e. The second kappa shape index (κ2) is 8.15. The minimum absolute atomic E-state index is 0.0211. The van der Waals surface area contributed by atoms with E-state index in [-0.39, 0.29) is 21.9 Å². The number of methoxy groups -OCH3 is 2. The molecule has 0 atom stereocenters. The van der Waals surface area contributed by atoms with E-state index in [4.69, 9.17) is 9.47 Å². The molecule has 150 valence electrons. The topological polar surface area (TPSA) is 84.9 Å². The van der Waals surface area contributed by atoms with Gasteiger partial charge < -0.3 is 14.8 Å². The van der Waals surface area contributed by atoms with E-state index >= 15 is 0 Å². The number of hydrogen-bond acceptors (Lipinski definition) is 5. The molecule has 28 heavy (non-hydrogen) atoms. The highest BCUT2D eigenvalue weighted by atomic mass is 32.2. The molecular formula is C19H21FN2O5S. The molecule has 0 bridgehead atoms. The number of ether oxygens (including phenoxy) is 2. The molecular weight excluding hydrogens is 387 g/mol. The molecule has 2 aromatic carbocycles. The largest absolute Gasteiger partial charge is 0.495 e. The molecule has 7 nitrogen and oxygen atoms in total. The van der Waals surface area contributed by atoms with Gasteiger partial charge in [-0.25, -0.2) is 12.8 Å². The third-order valence-electron chi connectivity index (χ3n) is 4.54. The summed E-state index contributed by atoms with van der Waals surface area (Å²) >= 11 is 0. The maximum Gasteiger partial charge on any atom is 0.255 e. The highest BCUT2D eigenvalue weighted by molar-refractivity contribution is 7.89. The molecule has 0 spiro atoms. The zero-order valence-corrected chi connectivity index (χ0v) is 16.4. The average Bonchev–Trinajstić information content (AvgIpc) is 3.23. The van der Waals surface area contributed by atoms with Gasteiger partial charge in [0.25, 0.3) is 5.91 Å². The van der Waals surface area contributed by atoms with E-state index in [0.717, 1.165) is 18.9 Å². The molecule has 1 fully saturated rings. The summed E-state index contributed by atoms with van der Waals surface area (Å²) < 4.78 is 50.9. The smallest absolute Gasteiger partial charge is 0.255 e. The highest BCUT2D eigenvalue weighted by Crippen LogP contribution is 2.30. The second-order valence-corrected chi connectivity index (χ2v) is 8.21. The van der Waals surface area contributed by atoms with Crippen LogP contribution in [0, 0.1) is 5.82 Å². The number of carbonyl (C=O) groups is 1. The Kier molecular flexibility index (Phi) is 5.85. The molecule has 1 N–H and O–H groups in total. The Morgan fingerprint density at radius 1 is 1.04 bits per heavy atom. The normalized spacial score (nSPS) is 14.7. The Morgan fingerprint density at radius 2 is 1.68 bits per heavy atom. The van der Waals surface area contributed by atoms with Gasteiger partial charge >= 0.3 is 0 Å². The zero-order chi connectivity index (χ0) is 20.3. The van der Waals surface area contributed by atoms with Gasteiger partial charge in [0, 0.05) is 18.7 Å². The van der Waals surface area contributed by atoms with E-state index in [1.165, 1.54) is 48.9 Å². The van der Waals surface area contributed by atoms with Gasteiger partial charge in [-0.1, -0.05) is 0 Å². The van der Waals surface area contributed by atoms with E-state index in [0.29, 0.717) is 18.8 Å². The number of nitrogens with one attached hydrogen (secondary N) is 1. The summed E-state index contributed by atoms with van der Waals surface area (Å²) in [6, 6.07) is 8.07. The highest BCUT2D eigenvalue weighted by Gasteiger charge is 2.28. The van der Waals surface area contributed by atoms with Gasteiger partial charge in [0.2, 0.25) is 10.0 Å². The summed E-state index contributed by atoms with van der Waals surface area (Å²) in [5, 5.41) is 2.59. The van der Waals surface area contributed by atoms with Crippen LogP contribution in [0.3, 0.4) is 0 Å². The van der Waals surface area contributed by atoms with Crippen LogP contribution in [0.15, 0.2) is 41.3 Å². The molecule has 0 saturated carbocycles. The molecule has 1 heterocycles. The molecule has 0 radical (unpaired) electrons. The molecule has 3 rings (SSSR count). The summed E-state index contributed by atoms with van der Waals surface area (Å²) in [6.07, 6.45) is 1.64. The number of nitrogens with zero attached hydrogens (tertiary/aromatic N) is 1. The lowest BCUT2D eigenvalue weighted by Gasteiger charge is -2.17. The zero-order valence-electron chi connectivity index (χ0n) is 15.6. The van der Waals surface area contributed by atoms with Crippen LogP contribution in [-0.4, -0.2) is 45.9 Å². The Hall–Kier alpha value is -2.65. The van der Waals surface area contributed by atoms with Crippen molar-refractivity contribution in [3.8, 4) is 11.5 Å². The number of amides is 1. The van der Waals surface area contributed by atoms with Gasteiger partial charge in [-0.15, -0.1) is 0 Å². The number of benzene rings is 2. The Bertz CT molecular complexity index is 988. The first-order chi connectivity index (χ1) is 13.4. The predicted octanol–water partition coefficient (Wildman–Crippen LogP) is 2.88. The lowest BCUT2D eigenvalue weighted by molar-refractivity contribution is 0.102. The summed E-state index contributed by atoms with van der Waals surface area (Å²) in [5.74, 6) is -0.960. The van der Waals surface area contributed by atoms with Crippen molar-refractivity contribution < 1.29 is 27.1 Å². The van der Waals surface area contributed by atoms with Gasteiger partial charge in [-0.05, 0) is 49.2 Å². The number of hydrogen-bond donors (Lipinski definition) is 1. The number of rotatable bonds is 6. The molecule has 1 aliphatic rings. The summed E-state index contributed by atoms with van der Waals surface area (Å²) in [6.45, 7) is 0.947. The third kappa shape index (κ3) is 3.95. The molecule has 9 heteroatoms. The number of sulfonamides is 1. The molecule has 1 aliphatic heterocycles. The number of carbonyl (C=O) groups excluding carboxylic acids is 1. The monoisotopic (exact) mass is 408 g/mol. The first kappa shape index (κ1) is 20.1. The maximum absolute atomic E-state index is 13.9. The van der Waals surface area contributed by atoms with Crippen LogP contribution in [0.4, 0.5) is 10.1 Å². The molecule has 0 aliphatic carbocycles. The van der Waals surface area contributed by atoms with Crippen molar-refractivity contribution in [3.63, 3.8) is 0 Å². The van der Waals surface area contributed by atoms with Gasteiger partial charge in [0.15, 0.2) is 11.6 Å². The fourth-order valence-electron chi connectivity index (χ4n) is 3.02. The number of anilines is 1. The fourth-order valence-corrected chi connectivity index (χ4v) is 4.57. The quantitative estimate of drug-likeness (QED) is 0.795. The molecule has 0 aromatic heterocycles. The van der Waals surface area contributed by atoms with Crippen LogP contribution in [0.25, 0.3) is 0 Å². The Labute approximate surface area is 163 Å². The van der Waals surface area contributed by atoms with Crippen LogP contribution in [0.1, 0.15) is 23.2 Å². The van der Waals surface area contributed by atoms with Gasteiger partial charge in [-0.3, -0.25) is 4.79 Å². The SMILES string of the molecule is COc1ccc(C(=O)Nc2cc(S(=O)(=O)N3CCCC3)ccc2OC)cc1F. The van der Waals surface area contributed by atoms with E-state index in [1.807, 2.05) is 0 Å². The minimum atomic E-state index is -3.65. The standard InChI is InChI=1S/C19H21FN2O5S/c1-26-17-7-5-13(11-15(17)20)19(23)21-16-12-14(6-8-18(16)27-2)28(24,25)22-9-3-4-10-22/h5-8,11-12H,3-4,9-10H2,1-2H3,(H,21,23). The van der Waals surface area contributed by atoms with Crippen LogP contribution in [0.5, 0.6) is 11.5 Å². The van der Waals surface area contributed by atoms with Crippen LogP contribution < -0.4 is 14.8 Å². The fraction of sp³-hybridized carbons (Fsp3) is 0.316. The van der Waals surface area contributed by atoms with Crippen molar-refractivity contribution in [2.75, 3.05) is 32.6 Å². The molecule has 1 amide bonds. The van der Waals surface area contributed by atoms with Crippen molar-refractivity contribution in [2.24, 2.45) is 0 Å². The van der Waals surface area contributed by atoms with E-state index < -0.39 is 21.7 Å². The summed E-state index contributed by atoms with van der Waals surface area (Å²) in [7, 11) is -0.914. The lowest BCUT2D eigenvalue weighted by atomic mass is 10.2. The Balaban J connectivity index is 1.90. The van der Waals surface area contributed by atoms with Crippen LogP contribution in [0.2, 0.25) is 0 Å². The van der Waals surface area contributed by atoms with Crippen LogP contribution in [-0.2, 0) is 10.0 Å². The van der Waals surface area contributed by atoms with Crippen molar-refractivity contribution in [2.45, 2.75) is 17.7 Å². The third-order valence-corrected chi connectivity index (χ3v) is 6.43. The van der Waals surface area contributed by atoms with E-state index in [1.54, 1.807) is 0 Å². The molecule has 2 aromatic rings. The summed E-state index contributed by atoms with van der Waals surface area (Å²) in [5.41, 5.74) is 0.247. The Morgan fingerprint density at radius 3 is 2.29 bits per heavy atom. The number of halogens is 1. The van der Waals surface area contributed by atoms with E-state index in [2.05, 4.69) is 5.32 Å². The van der Waals surface area contributed by atoms with Crippen LogP contribution >= 0.6 is 0 Å². The van der Waals surface area contributed by atoms with Crippen molar-refractivity contribution >= 4 is 21.6 Å². The second-order valence-electron chi connectivity index (χ2n) is 6.28. The van der Waals surface area contributed by atoms with Crippen molar-refractivity contribution in [1.82, 2.24) is 4.31 Å². The first-order valence-electron chi connectivity index (χ1n) is 8.70.